The minimum Gasteiger partial charge on any atom is -0.341 e. The molecule has 2 saturated heterocycles. The van der Waals surface area contributed by atoms with Gasteiger partial charge in [-0.15, -0.1) is 0 Å². The van der Waals surface area contributed by atoms with E-state index in [2.05, 4.69) is 0 Å². The van der Waals surface area contributed by atoms with Gasteiger partial charge in [0.1, 0.15) is 6.54 Å². The maximum Gasteiger partial charge on any atom is 0.242 e. The summed E-state index contributed by atoms with van der Waals surface area (Å²) in [6.07, 6.45) is 5.10. The average Bonchev–Trinajstić information content (AvgIpc) is 2.62. The summed E-state index contributed by atoms with van der Waals surface area (Å²) < 4.78 is 0. The van der Waals surface area contributed by atoms with Crippen molar-refractivity contribution in [3.05, 3.63) is 0 Å². The third-order valence-electron chi connectivity index (χ3n) is 3.90. The van der Waals surface area contributed by atoms with E-state index in [1.807, 2.05) is 6.92 Å². The largest absolute Gasteiger partial charge is 0.341 e. The molecule has 5 nitrogen and oxygen atoms in total. The molecule has 0 N–H and O–H groups in total. The molecule has 2 fully saturated rings. The predicted octanol–water partition coefficient (Wildman–Crippen LogP) is 1.17. The molecule has 0 unspecified atom stereocenters. The number of piperidine rings is 1. The van der Waals surface area contributed by atoms with Gasteiger partial charge in [0, 0.05) is 25.9 Å². The van der Waals surface area contributed by atoms with Crippen molar-refractivity contribution in [1.29, 1.82) is 0 Å². The number of hydrogen-bond donors (Lipinski definition) is 0. The monoisotopic (exact) mass is 266 g/mol. The summed E-state index contributed by atoms with van der Waals surface area (Å²) >= 11 is 0. The number of hydrogen-bond acceptors (Lipinski definition) is 3. The minimum absolute atomic E-state index is 0.0651. The molecule has 0 bridgehead atoms. The smallest absolute Gasteiger partial charge is 0.242 e. The Labute approximate surface area is 113 Å². The van der Waals surface area contributed by atoms with E-state index in [-0.39, 0.29) is 30.2 Å². The van der Waals surface area contributed by atoms with E-state index in [9.17, 15) is 14.4 Å². The normalized spacial score (nSPS) is 22.6. The Morgan fingerprint density at radius 3 is 2.11 bits per heavy atom. The number of carbonyl (C=O) groups is 3. The highest BCUT2D eigenvalue weighted by molar-refractivity contribution is 6.01. The molecule has 0 aliphatic carbocycles. The van der Waals surface area contributed by atoms with Crippen molar-refractivity contribution in [2.45, 2.75) is 45.4 Å². The van der Waals surface area contributed by atoms with E-state index >= 15 is 0 Å². The van der Waals surface area contributed by atoms with Gasteiger partial charge in [-0.2, -0.15) is 0 Å². The number of likely N-dealkylation sites (tertiary alicyclic amines) is 2. The van der Waals surface area contributed by atoms with Crippen molar-refractivity contribution in [2.24, 2.45) is 5.92 Å². The molecule has 0 atom stereocenters. The maximum atomic E-state index is 12.2. The van der Waals surface area contributed by atoms with Crippen LogP contribution in [0.1, 0.15) is 45.4 Å². The lowest BCUT2D eigenvalue weighted by Crippen LogP contribution is -2.49. The van der Waals surface area contributed by atoms with Gasteiger partial charge in [-0.1, -0.05) is 19.8 Å². The molecule has 5 heteroatoms. The number of amides is 3. The summed E-state index contributed by atoms with van der Waals surface area (Å²) in [5.74, 6) is -0.387. The Hall–Kier alpha value is -1.39. The van der Waals surface area contributed by atoms with Gasteiger partial charge in [-0.3, -0.25) is 19.3 Å². The Morgan fingerprint density at radius 1 is 1.05 bits per heavy atom. The number of imide groups is 1. The standard InChI is InChI=1S/C14H22N2O3/c1-11-8-12(17)16(13(18)9-11)10-14(19)15-6-4-2-3-5-7-15/h11H,2-10H2,1H3. The Balaban J connectivity index is 1.93. The zero-order valence-electron chi connectivity index (χ0n) is 11.6. The molecule has 19 heavy (non-hydrogen) atoms. The highest BCUT2D eigenvalue weighted by Crippen LogP contribution is 2.19. The zero-order valence-corrected chi connectivity index (χ0v) is 11.6. The SMILES string of the molecule is CC1CC(=O)N(CC(=O)N2CCCCCC2)C(=O)C1. The van der Waals surface area contributed by atoms with Crippen molar-refractivity contribution in [2.75, 3.05) is 19.6 Å². The topological polar surface area (TPSA) is 57.7 Å². The molecule has 2 heterocycles. The first kappa shape index (κ1) is 14.0. The van der Waals surface area contributed by atoms with Gasteiger partial charge in [-0.05, 0) is 18.8 Å². The van der Waals surface area contributed by atoms with E-state index < -0.39 is 0 Å². The molecule has 2 aliphatic rings. The molecule has 3 amide bonds. The van der Waals surface area contributed by atoms with Crippen molar-refractivity contribution in [3.8, 4) is 0 Å². The average molecular weight is 266 g/mol. The van der Waals surface area contributed by atoms with Crippen LogP contribution >= 0.6 is 0 Å². The second-order valence-corrected chi connectivity index (χ2v) is 5.68. The molecule has 0 radical (unpaired) electrons. The van der Waals surface area contributed by atoms with E-state index in [0.29, 0.717) is 12.8 Å². The lowest BCUT2D eigenvalue weighted by Gasteiger charge is -2.30. The number of rotatable bonds is 2. The molecule has 0 aromatic heterocycles. The molecule has 106 valence electrons. The van der Waals surface area contributed by atoms with Crippen LogP contribution < -0.4 is 0 Å². The molecular formula is C14H22N2O3. The third kappa shape index (κ3) is 3.55. The van der Waals surface area contributed by atoms with Crippen LogP contribution in [0.4, 0.5) is 0 Å². The van der Waals surface area contributed by atoms with Crippen LogP contribution in [0, 0.1) is 5.92 Å². The summed E-state index contributed by atoms with van der Waals surface area (Å²) in [6.45, 7) is 3.34. The summed E-state index contributed by atoms with van der Waals surface area (Å²) in [6, 6.07) is 0. The van der Waals surface area contributed by atoms with Gasteiger partial charge in [0.2, 0.25) is 17.7 Å². The predicted molar refractivity (Wildman–Crippen MR) is 70.2 cm³/mol. The summed E-state index contributed by atoms with van der Waals surface area (Å²) in [4.78, 5) is 38.8. The summed E-state index contributed by atoms with van der Waals surface area (Å²) in [7, 11) is 0. The second kappa shape index (κ2) is 6.17. The Kier molecular flexibility index (Phi) is 4.56. The van der Waals surface area contributed by atoms with Gasteiger partial charge in [0.15, 0.2) is 0 Å². The summed E-state index contributed by atoms with van der Waals surface area (Å²) in [5.41, 5.74) is 0. The van der Waals surface area contributed by atoms with Gasteiger partial charge in [0.05, 0.1) is 0 Å². The molecule has 2 aliphatic heterocycles. The van der Waals surface area contributed by atoms with E-state index in [0.717, 1.165) is 43.7 Å². The molecule has 2 rings (SSSR count). The molecule has 0 saturated carbocycles. The maximum absolute atomic E-state index is 12.2. The van der Waals surface area contributed by atoms with E-state index in [1.165, 1.54) is 0 Å². The summed E-state index contributed by atoms with van der Waals surface area (Å²) in [5, 5.41) is 0. The number of carbonyl (C=O) groups excluding carboxylic acids is 3. The van der Waals surface area contributed by atoms with Crippen LogP contribution in [0.2, 0.25) is 0 Å². The quantitative estimate of drug-likeness (QED) is 0.705. The van der Waals surface area contributed by atoms with Crippen LogP contribution in [0.5, 0.6) is 0 Å². The van der Waals surface area contributed by atoms with Crippen molar-refractivity contribution in [3.63, 3.8) is 0 Å². The van der Waals surface area contributed by atoms with Crippen molar-refractivity contribution < 1.29 is 14.4 Å². The minimum atomic E-state index is -0.202. The van der Waals surface area contributed by atoms with Crippen molar-refractivity contribution in [1.82, 2.24) is 9.80 Å². The van der Waals surface area contributed by atoms with Crippen LogP contribution in [0.15, 0.2) is 0 Å². The highest BCUT2D eigenvalue weighted by Gasteiger charge is 2.32. The first-order valence-corrected chi connectivity index (χ1v) is 7.19. The lowest BCUT2D eigenvalue weighted by molar-refractivity contribution is -0.154. The third-order valence-corrected chi connectivity index (χ3v) is 3.90. The van der Waals surface area contributed by atoms with Gasteiger partial charge in [0.25, 0.3) is 0 Å². The second-order valence-electron chi connectivity index (χ2n) is 5.68. The van der Waals surface area contributed by atoms with Gasteiger partial charge >= 0.3 is 0 Å². The highest BCUT2D eigenvalue weighted by atomic mass is 16.2. The fraction of sp³-hybridized carbons (Fsp3) is 0.786. The molecular weight excluding hydrogens is 244 g/mol. The molecule has 0 aromatic carbocycles. The molecule has 0 aromatic rings. The Morgan fingerprint density at radius 2 is 1.58 bits per heavy atom. The van der Waals surface area contributed by atoms with E-state index in [1.54, 1.807) is 4.90 Å². The van der Waals surface area contributed by atoms with Gasteiger partial charge < -0.3 is 4.90 Å². The lowest BCUT2D eigenvalue weighted by atomic mass is 9.98. The van der Waals surface area contributed by atoms with Crippen molar-refractivity contribution >= 4 is 17.7 Å². The van der Waals surface area contributed by atoms with Crippen LogP contribution in [0.3, 0.4) is 0 Å². The fourth-order valence-electron chi connectivity index (χ4n) is 2.76. The van der Waals surface area contributed by atoms with Crippen LogP contribution in [-0.4, -0.2) is 47.2 Å². The van der Waals surface area contributed by atoms with Crippen LogP contribution in [0.25, 0.3) is 0 Å². The van der Waals surface area contributed by atoms with Crippen LogP contribution in [-0.2, 0) is 14.4 Å². The number of nitrogens with zero attached hydrogens (tertiary/aromatic N) is 2. The first-order valence-electron chi connectivity index (χ1n) is 7.19. The first-order chi connectivity index (χ1) is 9.08. The molecule has 0 spiro atoms. The zero-order chi connectivity index (χ0) is 13.8. The Bertz CT molecular complexity index is 355. The van der Waals surface area contributed by atoms with E-state index in [4.69, 9.17) is 0 Å². The fourth-order valence-corrected chi connectivity index (χ4v) is 2.76. The van der Waals surface area contributed by atoms with Gasteiger partial charge in [-0.25, -0.2) is 0 Å².